The summed E-state index contributed by atoms with van der Waals surface area (Å²) < 4.78 is 0. The van der Waals surface area contributed by atoms with Crippen LogP contribution < -0.4 is 0 Å². The standard InChI is InChI=1S/C12H14N2O/c1-3-4-11-10(6-15)9(2)5-12(11,7-13)8-14/h6,11H,3-5H2,1-2H3/t11-/m1/s1. The van der Waals surface area contributed by atoms with Crippen LogP contribution >= 0.6 is 0 Å². The summed E-state index contributed by atoms with van der Waals surface area (Å²) in [4.78, 5) is 10.9. The number of hydrogen-bond donors (Lipinski definition) is 0. The van der Waals surface area contributed by atoms with Crippen molar-refractivity contribution in [2.45, 2.75) is 33.1 Å². The van der Waals surface area contributed by atoms with Gasteiger partial charge >= 0.3 is 0 Å². The molecular weight excluding hydrogens is 188 g/mol. The number of nitrogens with zero attached hydrogens (tertiary/aromatic N) is 2. The molecule has 78 valence electrons. The van der Waals surface area contributed by atoms with Gasteiger partial charge in [-0.15, -0.1) is 0 Å². The monoisotopic (exact) mass is 202 g/mol. The van der Waals surface area contributed by atoms with Crippen LogP contribution in [0.2, 0.25) is 0 Å². The molecule has 0 saturated carbocycles. The Labute approximate surface area is 90.0 Å². The third kappa shape index (κ3) is 1.66. The maximum atomic E-state index is 10.9. The normalized spacial score (nSPS) is 23.3. The van der Waals surface area contributed by atoms with Crippen molar-refractivity contribution < 1.29 is 4.79 Å². The summed E-state index contributed by atoms with van der Waals surface area (Å²) in [6.07, 6.45) is 2.83. The van der Waals surface area contributed by atoms with Crippen molar-refractivity contribution in [3.8, 4) is 12.1 Å². The number of carbonyl (C=O) groups excluding carboxylic acids is 1. The van der Waals surface area contributed by atoms with Crippen molar-refractivity contribution in [3.63, 3.8) is 0 Å². The second kappa shape index (κ2) is 4.28. The first-order valence-electron chi connectivity index (χ1n) is 5.12. The lowest BCUT2D eigenvalue weighted by molar-refractivity contribution is -0.105. The summed E-state index contributed by atoms with van der Waals surface area (Å²) in [5.41, 5.74) is 0.558. The summed E-state index contributed by atoms with van der Waals surface area (Å²) >= 11 is 0. The molecule has 0 saturated heterocycles. The molecule has 1 aliphatic carbocycles. The smallest absolute Gasteiger partial charge is 0.154 e. The second-order valence-electron chi connectivity index (χ2n) is 4.07. The molecule has 0 aromatic carbocycles. The number of aldehydes is 1. The molecule has 0 N–H and O–H groups in total. The van der Waals surface area contributed by atoms with Crippen molar-refractivity contribution in [1.29, 1.82) is 10.5 Å². The van der Waals surface area contributed by atoms with E-state index in [4.69, 9.17) is 10.5 Å². The van der Waals surface area contributed by atoms with Crippen LogP contribution in [0, 0.1) is 34.0 Å². The quantitative estimate of drug-likeness (QED) is 0.660. The molecule has 0 aromatic heterocycles. The lowest BCUT2D eigenvalue weighted by Gasteiger charge is -2.21. The highest BCUT2D eigenvalue weighted by atomic mass is 16.1. The fraction of sp³-hybridized carbons (Fsp3) is 0.583. The van der Waals surface area contributed by atoms with Crippen LogP contribution in [-0.4, -0.2) is 6.29 Å². The number of carbonyl (C=O) groups is 1. The van der Waals surface area contributed by atoms with Gasteiger partial charge in [-0.05, 0) is 18.9 Å². The van der Waals surface area contributed by atoms with Crippen LogP contribution in [0.3, 0.4) is 0 Å². The van der Waals surface area contributed by atoms with Crippen molar-refractivity contribution in [1.82, 2.24) is 0 Å². The number of allylic oxidation sites excluding steroid dienone is 2. The van der Waals surface area contributed by atoms with Gasteiger partial charge in [-0.3, -0.25) is 4.79 Å². The molecule has 0 fully saturated rings. The zero-order valence-corrected chi connectivity index (χ0v) is 9.08. The Hall–Kier alpha value is -1.61. The molecule has 0 bridgehead atoms. The van der Waals surface area contributed by atoms with Crippen molar-refractivity contribution in [3.05, 3.63) is 11.1 Å². The van der Waals surface area contributed by atoms with Gasteiger partial charge in [0.1, 0.15) is 6.29 Å². The molecule has 1 atom stereocenters. The van der Waals surface area contributed by atoms with Crippen molar-refractivity contribution in [2.24, 2.45) is 11.3 Å². The number of hydrogen-bond acceptors (Lipinski definition) is 3. The van der Waals surface area contributed by atoms with E-state index in [9.17, 15) is 4.79 Å². The summed E-state index contributed by atoms with van der Waals surface area (Å²) in [6.45, 7) is 3.83. The van der Waals surface area contributed by atoms with Crippen molar-refractivity contribution >= 4 is 6.29 Å². The van der Waals surface area contributed by atoms with Gasteiger partial charge in [0.25, 0.3) is 0 Å². The van der Waals surface area contributed by atoms with Gasteiger partial charge in [0.2, 0.25) is 0 Å². The number of nitriles is 2. The van der Waals surface area contributed by atoms with E-state index >= 15 is 0 Å². The van der Waals surface area contributed by atoms with Crippen LogP contribution in [0.5, 0.6) is 0 Å². The van der Waals surface area contributed by atoms with Crippen LogP contribution in [0.1, 0.15) is 33.1 Å². The van der Waals surface area contributed by atoms with E-state index in [1.807, 2.05) is 13.8 Å². The molecule has 1 rings (SSSR count). The zero-order chi connectivity index (χ0) is 11.5. The minimum Gasteiger partial charge on any atom is -0.298 e. The summed E-state index contributed by atoms with van der Waals surface area (Å²) in [7, 11) is 0. The van der Waals surface area contributed by atoms with Gasteiger partial charge in [0.05, 0.1) is 12.1 Å². The van der Waals surface area contributed by atoms with Gasteiger partial charge in [0.15, 0.2) is 5.41 Å². The third-order valence-corrected chi connectivity index (χ3v) is 3.11. The highest BCUT2D eigenvalue weighted by Gasteiger charge is 2.46. The SMILES string of the molecule is CCC[C@@H]1C(C=O)=C(C)CC1(C#N)C#N. The number of rotatable bonds is 3. The lowest BCUT2D eigenvalue weighted by atomic mass is 9.75. The first kappa shape index (κ1) is 11.5. The Morgan fingerprint density at radius 1 is 1.53 bits per heavy atom. The van der Waals surface area contributed by atoms with E-state index in [0.717, 1.165) is 24.7 Å². The first-order valence-corrected chi connectivity index (χ1v) is 5.12. The molecule has 3 nitrogen and oxygen atoms in total. The van der Waals surface area contributed by atoms with E-state index in [1.165, 1.54) is 0 Å². The van der Waals surface area contributed by atoms with Crippen LogP contribution in [0.25, 0.3) is 0 Å². The summed E-state index contributed by atoms with van der Waals surface area (Å²) in [5, 5.41) is 18.3. The van der Waals surface area contributed by atoms with E-state index < -0.39 is 5.41 Å². The van der Waals surface area contributed by atoms with E-state index in [0.29, 0.717) is 12.0 Å². The Morgan fingerprint density at radius 2 is 2.13 bits per heavy atom. The molecule has 0 unspecified atom stereocenters. The van der Waals surface area contributed by atoms with Crippen LogP contribution in [0.4, 0.5) is 0 Å². The van der Waals surface area contributed by atoms with Crippen LogP contribution in [0.15, 0.2) is 11.1 Å². The summed E-state index contributed by atoms with van der Waals surface area (Å²) in [6, 6.07) is 4.19. The predicted molar refractivity (Wildman–Crippen MR) is 55.4 cm³/mol. The van der Waals surface area contributed by atoms with Crippen LogP contribution in [-0.2, 0) is 4.79 Å². The van der Waals surface area contributed by atoms with Gasteiger partial charge in [-0.25, -0.2) is 0 Å². The molecule has 0 spiro atoms. The molecule has 0 aromatic rings. The van der Waals surface area contributed by atoms with E-state index in [2.05, 4.69) is 12.1 Å². The van der Waals surface area contributed by atoms with E-state index in [1.54, 1.807) is 0 Å². The molecular formula is C12H14N2O. The minimum atomic E-state index is -1.00. The fourth-order valence-corrected chi connectivity index (χ4v) is 2.34. The maximum absolute atomic E-state index is 10.9. The topological polar surface area (TPSA) is 64.7 Å². The van der Waals surface area contributed by atoms with Gasteiger partial charge in [0, 0.05) is 12.3 Å². The Kier molecular flexibility index (Phi) is 3.27. The lowest BCUT2D eigenvalue weighted by Crippen LogP contribution is -2.24. The molecule has 1 aliphatic rings. The first-order chi connectivity index (χ1) is 7.15. The highest BCUT2D eigenvalue weighted by molar-refractivity contribution is 5.77. The molecule has 0 radical (unpaired) electrons. The molecule has 0 aliphatic heterocycles. The molecule has 3 heteroatoms. The van der Waals surface area contributed by atoms with Gasteiger partial charge in [-0.2, -0.15) is 10.5 Å². The highest BCUT2D eigenvalue weighted by Crippen LogP contribution is 2.47. The fourth-order valence-electron chi connectivity index (χ4n) is 2.34. The zero-order valence-electron chi connectivity index (χ0n) is 9.08. The van der Waals surface area contributed by atoms with Gasteiger partial charge < -0.3 is 0 Å². The largest absolute Gasteiger partial charge is 0.298 e. The maximum Gasteiger partial charge on any atom is 0.154 e. The van der Waals surface area contributed by atoms with E-state index in [-0.39, 0.29) is 5.92 Å². The Balaban J connectivity index is 3.15. The minimum absolute atomic E-state index is 0.199. The Bertz CT molecular complexity index is 367. The second-order valence-corrected chi connectivity index (χ2v) is 4.07. The molecule has 15 heavy (non-hydrogen) atoms. The summed E-state index contributed by atoms with van der Waals surface area (Å²) in [5.74, 6) is -0.199. The Morgan fingerprint density at radius 3 is 2.53 bits per heavy atom. The van der Waals surface area contributed by atoms with Gasteiger partial charge in [-0.1, -0.05) is 18.9 Å². The molecule has 0 heterocycles. The molecule has 0 amide bonds. The predicted octanol–water partition coefficient (Wildman–Crippen LogP) is 2.36. The third-order valence-electron chi connectivity index (χ3n) is 3.11. The average molecular weight is 202 g/mol. The average Bonchev–Trinajstić information content (AvgIpc) is 2.52. The van der Waals surface area contributed by atoms with Crippen molar-refractivity contribution in [2.75, 3.05) is 0 Å².